The number of pyridine rings is 1. The van der Waals surface area contributed by atoms with E-state index in [4.69, 9.17) is 28.3 Å². The van der Waals surface area contributed by atoms with E-state index in [1.54, 1.807) is 30.3 Å². The molecule has 0 fully saturated rings. The molecule has 0 atom stereocenters. The maximum atomic E-state index is 9.11. The molecule has 4 heteroatoms. The molecule has 0 saturated heterocycles. The normalized spacial score (nSPS) is 10.3. The van der Waals surface area contributed by atoms with Gasteiger partial charge in [-0.25, -0.2) is 0 Å². The van der Waals surface area contributed by atoms with Gasteiger partial charge in [-0.3, -0.25) is 4.98 Å². The minimum atomic E-state index is 0.113. The molecule has 0 bridgehead atoms. The van der Waals surface area contributed by atoms with Crippen LogP contribution in [0.3, 0.4) is 0 Å². The minimum Gasteiger partial charge on any atom is -0.506 e. The van der Waals surface area contributed by atoms with Crippen molar-refractivity contribution in [3.8, 4) is 17.0 Å². The monoisotopic (exact) mass is 239 g/mol. The summed E-state index contributed by atoms with van der Waals surface area (Å²) in [6.07, 6.45) is 1.36. The van der Waals surface area contributed by atoms with Crippen LogP contribution in [-0.2, 0) is 0 Å². The van der Waals surface area contributed by atoms with Crippen molar-refractivity contribution in [2.24, 2.45) is 0 Å². The molecule has 15 heavy (non-hydrogen) atoms. The molecule has 0 aliphatic heterocycles. The van der Waals surface area contributed by atoms with E-state index < -0.39 is 0 Å². The second kappa shape index (κ2) is 4.09. The van der Waals surface area contributed by atoms with Crippen molar-refractivity contribution >= 4 is 23.2 Å². The van der Waals surface area contributed by atoms with E-state index in [2.05, 4.69) is 4.98 Å². The number of hydrogen-bond donors (Lipinski definition) is 1. The second-order valence-corrected chi connectivity index (χ2v) is 3.81. The maximum absolute atomic E-state index is 9.11. The number of benzene rings is 1. The lowest BCUT2D eigenvalue weighted by atomic mass is 10.1. The predicted molar refractivity (Wildman–Crippen MR) is 61.4 cm³/mol. The van der Waals surface area contributed by atoms with Gasteiger partial charge >= 0.3 is 0 Å². The Kier molecular flexibility index (Phi) is 2.80. The Balaban J connectivity index is 2.58. The van der Waals surface area contributed by atoms with Crippen molar-refractivity contribution in [2.75, 3.05) is 0 Å². The molecule has 0 aliphatic rings. The van der Waals surface area contributed by atoms with E-state index >= 15 is 0 Å². The zero-order valence-corrected chi connectivity index (χ0v) is 9.13. The highest BCUT2D eigenvalue weighted by molar-refractivity contribution is 6.39. The van der Waals surface area contributed by atoms with Gasteiger partial charge in [0.05, 0.1) is 21.9 Å². The Bertz CT molecular complexity index is 462. The van der Waals surface area contributed by atoms with Crippen LogP contribution in [0.1, 0.15) is 0 Å². The summed E-state index contributed by atoms with van der Waals surface area (Å²) >= 11 is 12.0. The van der Waals surface area contributed by atoms with Crippen LogP contribution in [0.2, 0.25) is 10.0 Å². The van der Waals surface area contributed by atoms with Crippen molar-refractivity contribution in [3.63, 3.8) is 0 Å². The minimum absolute atomic E-state index is 0.113. The largest absolute Gasteiger partial charge is 0.506 e. The lowest BCUT2D eigenvalue weighted by Crippen LogP contribution is -1.85. The van der Waals surface area contributed by atoms with E-state index in [0.717, 1.165) is 0 Å². The molecule has 1 aromatic carbocycles. The molecule has 0 saturated carbocycles. The van der Waals surface area contributed by atoms with Gasteiger partial charge in [-0.15, -0.1) is 0 Å². The highest BCUT2D eigenvalue weighted by Gasteiger charge is 2.08. The van der Waals surface area contributed by atoms with E-state index in [1.807, 2.05) is 0 Å². The summed E-state index contributed by atoms with van der Waals surface area (Å²) in [6.45, 7) is 0. The number of nitrogens with zero attached hydrogens (tertiary/aromatic N) is 1. The number of aromatic nitrogens is 1. The molecule has 0 aliphatic carbocycles. The third-order valence-corrected chi connectivity index (χ3v) is 2.60. The van der Waals surface area contributed by atoms with Crippen LogP contribution in [0.4, 0.5) is 0 Å². The molecule has 0 radical (unpaired) electrons. The Hall–Kier alpha value is -1.25. The Labute approximate surface area is 97.1 Å². The fourth-order valence-corrected chi connectivity index (χ4v) is 1.87. The quantitative estimate of drug-likeness (QED) is 0.823. The summed E-state index contributed by atoms with van der Waals surface area (Å²) in [5, 5.41) is 10.2. The van der Waals surface area contributed by atoms with Crippen LogP contribution in [0.25, 0.3) is 11.3 Å². The predicted octanol–water partition coefficient (Wildman–Crippen LogP) is 3.76. The van der Waals surface area contributed by atoms with Gasteiger partial charge in [0.1, 0.15) is 5.75 Å². The molecule has 2 rings (SSSR count). The van der Waals surface area contributed by atoms with E-state index in [-0.39, 0.29) is 5.75 Å². The molecule has 0 amide bonds. The second-order valence-electron chi connectivity index (χ2n) is 3.00. The Morgan fingerprint density at radius 2 is 1.67 bits per heavy atom. The summed E-state index contributed by atoms with van der Waals surface area (Å²) in [4.78, 5) is 4.05. The van der Waals surface area contributed by atoms with Crippen LogP contribution in [0.5, 0.6) is 5.75 Å². The van der Waals surface area contributed by atoms with Crippen molar-refractivity contribution < 1.29 is 5.11 Å². The summed E-state index contributed by atoms with van der Waals surface area (Å²) in [5.74, 6) is 0.113. The van der Waals surface area contributed by atoms with Crippen molar-refractivity contribution in [2.45, 2.75) is 0 Å². The topological polar surface area (TPSA) is 33.1 Å². The molecular formula is C11H7Cl2NO. The molecule has 1 heterocycles. The SMILES string of the molecule is Oc1ccc(-c2c(Cl)cccc2Cl)nc1. The van der Waals surface area contributed by atoms with Gasteiger partial charge in [-0.2, -0.15) is 0 Å². The van der Waals surface area contributed by atoms with E-state index in [9.17, 15) is 0 Å². The first-order valence-corrected chi connectivity index (χ1v) is 5.03. The molecule has 0 unspecified atom stereocenters. The maximum Gasteiger partial charge on any atom is 0.133 e. The van der Waals surface area contributed by atoms with Crippen molar-refractivity contribution in [1.29, 1.82) is 0 Å². The number of halogens is 2. The molecule has 2 nitrogen and oxygen atoms in total. The summed E-state index contributed by atoms with van der Waals surface area (Å²) < 4.78 is 0. The molecule has 2 aromatic rings. The molecular weight excluding hydrogens is 233 g/mol. The van der Waals surface area contributed by atoms with Crippen LogP contribution in [0.15, 0.2) is 36.5 Å². The molecule has 1 N–H and O–H groups in total. The van der Waals surface area contributed by atoms with Crippen LogP contribution >= 0.6 is 23.2 Å². The number of rotatable bonds is 1. The lowest BCUT2D eigenvalue weighted by molar-refractivity contribution is 0.473. The summed E-state index contributed by atoms with van der Waals surface area (Å²) in [7, 11) is 0. The van der Waals surface area contributed by atoms with E-state index in [1.165, 1.54) is 6.20 Å². The van der Waals surface area contributed by atoms with Gasteiger partial charge in [0.2, 0.25) is 0 Å². The van der Waals surface area contributed by atoms with Crippen molar-refractivity contribution in [3.05, 3.63) is 46.6 Å². The highest BCUT2D eigenvalue weighted by atomic mass is 35.5. The Morgan fingerprint density at radius 3 is 2.20 bits per heavy atom. The number of aromatic hydroxyl groups is 1. The summed E-state index contributed by atoms with van der Waals surface area (Å²) in [5.41, 5.74) is 1.32. The average Bonchev–Trinajstić information content (AvgIpc) is 2.20. The van der Waals surface area contributed by atoms with Gasteiger partial charge in [-0.05, 0) is 24.3 Å². The van der Waals surface area contributed by atoms with Gasteiger partial charge in [0, 0.05) is 5.56 Å². The van der Waals surface area contributed by atoms with Gasteiger partial charge in [-0.1, -0.05) is 29.3 Å². The first kappa shape index (κ1) is 10.3. The third kappa shape index (κ3) is 2.06. The first-order valence-electron chi connectivity index (χ1n) is 4.28. The standard InChI is InChI=1S/C11H7Cl2NO/c12-8-2-1-3-9(13)11(8)10-5-4-7(15)6-14-10/h1-6,15H. The average molecular weight is 240 g/mol. The van der Waals surface area contributed by atoms with Gasteiger partial charge < -0.3 is 5.11 Å². The molecule has 76 valence electrons. The fourth-order valence-electron chi connectivity index (χ4n) is 1.28. The zero-order chi connectivity index (χ0) is 10.8. The van der Waals surface area contributed by atoms with Crippen molar-refractivity contribution in [1.82, 2.24) is 4.98 Å². The van der Waals surface area contributed by atoms with Gasteiger partial charge in [0.25, 0.3) is 0 Å². The van der Waals surface area contributed by atoms with Gasteiger partial charge in [0.15, 0.2) is 0 Å². The van der Waals surface area contributed by atoms with Crippen LogP contribution in [-0.4, -0.2) is 10.1 Å². The number of hydrogen-bond acceptors (Lipinski definition) is 2. The molecule has 1 aromatic heterocycles. The summed E-state index contributed by atoms with van der Waals surface area (Å²) in [6, 6.07) is 8.48. The Morgan fingerprint density at radius 1 is 1.00 bits per heavy atom. The molecule has 0 spiro atoms. The van der Waals surface area contributed by atoms with E-state index in [0.29, 0.717) is 21.3 Å². The smallest absolute Gasteiger partial charge is 0.133 e. The van der Waals surface area contributed by atoms with Crippen LogP contribution < -0.4 is 0 Å². The fraction of sp³-hybridized carbons (Fsp3) is 0. The van der Waals surface area contributed by atoms with Crippen LogP contribution in [0, 0.1) is 0 Å². The first-order chi connectivity index (χ1) is 7.18. The zero-order valence-electron chi connectivity index (χ0n) is 7.61. The lowest BCUT2D eigenvalue weighted by Gasteiger charge is -2.05. The third-order valence-electron chi connectivity index (χ3n) is 1.97. The highest BCUT2D eigenvalue weighted by Crippen LogP contribution is 2.33.